The Morgan fingerprint density at radius 2 is 1.50 bits per heavy atom. The van der Waals surface area contributed by atoms with E-state index < -0.39 is 0 Å². The molecule has 6 aromatic rings. The molecule has 0 bridgehead atoms. The molecule has 0 unspecified atom stereocenters. The van der Waals surface area contributed by atoms with Crippen LogP contribution in [0.3, 0.4) is 0 Å². The van der Waals surface area contributed by atoms with E-state index in [1.165, 1.54) is 27.3 Å². The Bertz CT molecular complexity index is 1850. The van der Waals surface area contributed by atoms with Crippen molar-refractivity contribution in [1.29, 1.82) is 0 Å². The van der Waals surface area contributed by atoms with Crippen molar-refractivity contribution < 1.29 is 9.53 Å². The minimum atomic E-state index is -0.351. The molecule has 4 nitrogen and oxygen atoms in total. The second-order valence-corrected chi connectivity index (χ2v) is 11.6. The normalized spacial score (nSPS) is 12.2. The summed E-state index contributed by atoms with van der Waals surface area (Å²) >= 11 is 3.52. The molecule has 2 aromatic heterocycles. The molecule has 6 heteroatoms. The van der Waals surface area contributed by atoms with Crippen LogP contribution in [0.5, 0.6) is 0 Å². The van der Waals surface area contributed by atoms with Crippen LogP contribution in [0.1, 0.15) is 15.9 Å². The largest absolute Gasteiger partial charge is 0.465 e. The molecule has 0 saturated heterocycles. The number of carbonyl (C=O) groups excluding carboxylic acids is 1. The molecule has 0 radical (unpaired) electrons. The fourth-order valence-corrected chi connectivity index (χ4v) is 7.12. The number of aromatic nitrogens is 1. The zero-order chi connectivity index (χ0) is 27.2. The van der Waals surface area contributed by atoms with E-state index in [1.807, 2.05) is 12.1 Å². The molecule has 0 atom stereocenters. The zero-order valence-corrected chi connectivity index (χ0v) is 23.6. The third-order valence-corrected chi connectivity index (χ3v) is 9.24. The van der Waals surface area contributed by atoms with Crippen LogP contribution >= 0.6 is 23.1 Å². The molecule has 3 heterocycles. The highest BCUT2D eigenvalue weighted by Crippen LogP contribution is 2.53. The number of anilines is 3. The molecule has 0 spiro atoms. The number of esters is 1. The van der Waals surface area contributed by atoms with Gasteiger partial charge < -0.3 is 9.64 Å². The monoisotopic (exact) mass is 556 g/mol. The van der Waals surface area contributed by atoms with Crippen molar-refractivity contribution in [1.82, 2.24) is 4.98 Å². The van der Waals surface area contributed by atoms with E-state index in [4.69, 9.17) is 9.72 Å². The van der Waals surface area contributed by atoms with Crippen LogP contribution in [-0.2, 0) is 4.74 Å². The maximum atomic E-state index is 12.1. The molecule has 0 saturated carbocycles. The fraction of sp³-hybridized carbons (Fsp3) is 0.0588. The van der Waals surface area contributed by atoms with Crippen LogP contribution in [0.2, 0.25) is 0 Å². The summed E-state index contributed by atoms with van der Waals surface area (Å²) in [6.45, 7) is 2.16. The SMILES string of the molecule is COC(=O)c1ccc(-c2cc(-c3cccs3)c3c(C)ccc(N4c5ccccc5Sc5ccccc54)c3n2)cc1. The Kier molecular flexibility index (Phi) is 6.14. The van der Waals surface area contributed by atoms with Gasteiger partial charge in [-0.3, -0.25) is 0 Å². The van der Waals surface area contributed by atoms with Crippen molar-refractivity contribution in [3.05, 3.63) is 120 Å². The van der Waals surface area contributed by atoms with Gasteiger partial charge in [0.15, 0.2) is 0 Å². The van der Waals surface area contributed by atoms with Crippen molar-refractivity contribution in [2.75, 3.05) is 12.0 Å². The molecule has 194 valence electrons. The van der Waals surface area contributed by atoms with Crippen molar-refractivity contribution in [3.8, 4) is 21.7 Å². The number of carbonyl (C=O) groups is 1. The van der Waals surface area contributed by atoms with Crippen LogP contribution in [0, 0.1) is 6.92 Å². The second kappa shape index (κ2) is 9.97. The Hall–Kier alpha value is -4.39. The molecular weight excluding hydrogens is 533 g/mol. The quantitative estimate of drug-likeness (QED) is 0.202. The number of hydrogen-bond acceptors (Lipinski definition) is 6. The van der Waals surface area contributed by atoms with E-state index in [-0.39, 0.29) is 5.97 Å². The van der Waals surface area contributed by atoms with Gasteiger partial charge in [0.1, 0.15) is 0 Å². The lowest BCUT2D eigenvalue weighted by molar-refractivity contribution is 0.0600. The summed E-state index contributed by atoms with van der Waals surface area (Å²) in [6, 6.07) is 35.4. The first-order valence-corrected chi connectivity index (χ1v) is 14.6. The highest BCUT2D eigenvalue weighted by atomic mass is 32.2. The van der Waals surface area contributed by atoms with Gasteiger partial charge in [0.05, 0.1) is 40.9 Å². The molecule has 4 aromatic carbocycles. The van der Waals surface area contributed by atoms with Gasteiger partial charge in [0.2, 0.25) is 0 Å². The third kappa shape index (κ3) is 4.08. The molecule has 7 rings (SSSR count). The predicted octanol–water partition coefficient (Wildman–Crippen LogP) is 9.66. The molecular formula is C34H24N2O2S2. The van der Waals surface area contributed by atoms with Crippen molar-refractivity contribution in [2.45, 2.75) is 16.7 Å². The van der Waals surface area contributed by atoms with E-state index in [2.05, 4.69) is 96.1 Å². The van der Waals surface area contributed by atoms with Gasteiger partial charge >= 0.3 is 5.97 Å². The summed E-state index contributed by atoms with van der Waals surface area (Å²) in [5.74, 6) is -0.351. The summed E-state index contributed by atoms with van der Waals surface area (Å²) in [4.78, 5) is 23.4. The van der Waals surface area contributed by atoms with Crippen molar-refractivity contribution in [3.63, 3.8) is 0 Å². The lowest BCUT2D eigenvalue weighted by Crippen LogP contribution is -2.15. The number of fused-ring (bicyclic) bond motifs is 3. The number of methoxy groups -OCH3 is 1. The molecule has 1 aliphatic rings. The Morgan fingerprint density at radius 3 is 2.15 bits per heavy atom. The van der Waals surface area contributed by atoms with Gasteiger partial charge in [-0.2, -0.15) is 0 Å². The standard InChI is InChI=1S/C34H24N2O2S2/c1-21-13-18-28(36-26-8-3-5-10-30(26)40-31-11-6-4-9-27(31)36)33-32(21)24(29-12-7-19-39-29)20-25(35-33)22-14-16-23(17-15-22)34(37)38-2/h3-20H,1-2H3. The molecule has 0 amide bonds. The van der Waals surface area contributed by atoms with Gasteiger partial charge in [-0.25, -0.2) is 9.78 Å². The van der Waals surface area contributed by atoms with Crippen LogP contribution in [0.15, 0.2) is 118 Å². The molecule has 40 heavy (non-hydrogen) atoms. The molecule has 0 fully saturated rings. The van der Waals surface area contributed by atoms with Gasteiger partial charge in [-0.15, -0.1) is 11.3 Å². The van der Waals surface area contributed by atoms with Gasteiger partial charge in [-0.05, 0) is 72.5 Å². The maximum absolute atomic E-state index is 12.1. The molecule has 0 aliphatic carbocycles. The van der Waals surface area contributed by atoms with Gasteiger partial charge in [0.25, 0.3) is 0 Å². The van der Waals surface area contributed by atoms with Crippen LogP contribution in [0.4, 0.5) is 17.1 Å². The fourth-order valence-electron chi connectivity index (χ4n) is 5.31. The number of benzene rings is 4. The average molecular weight is 557 g/mol. The van der Waals surface area contributed by atoms with Crippen molar-refractivity contribution in [2.24, 2.45) is 0 Å². The molecule has 0 N–H and O–H groups in total. The summed E-state index contributed by atoms with van der Waals surface area (Å²) in [5.41, 5.74) is 8.89. The first kappa shape index (κ1) is 24.6. The number of hydrogen-bond donors (Lipinski definition) is 0. The Balaban J connectivity index is 1.52. The summed E-state index contributed by atoms with van der Waals surface area (Å²) in [6.07, 6.45) is 0. The lowest BCUT2D eigenvalue weighted by atomic mass is 9.97. The number of aryl methyl sites for hydroxylation is 1. The zero-order valence-electron chi connectivity index (χ0n) is 21.9. The van der Waals surface area contributed by atoms with Gasteiger partial charge in [0, 0.05) is 31.2 Å². The van der Waals surface area contributed by atoms with Crippen LogP contribution < -0.4 is 4.90 Å². The number of thiophene rings is 1. The van der Waals surface area contributed by atoms with E-state index in [1.54, 1.807) is 35.2 Å². The molecule has 1 aliphatic heterocycles. The Labute approximate surface area is 240 Å². The van der Waals surface area contributed by atoms with Crippen LogP contribution in [0.25, 0.3) is 32.6 Å². The number of para-hydroxylation sites is 2. The van der Waals surface area contributed by atoms with E-state index >= 15 is 0 Å². The minimum absolute atomic E-state index is 0.351. The van der Waals surface area contributed by atoms with Gasteiger partial charge in [-0.1, -0.05) is 60.3 Å². The second-order valence-electron chi connectivity index (χ2n) is 9.60. The highest BCUT2D eigenvalue weighted by molar-refractivity contribution is 7.99. The van der Waals surface area contributed by atoms with E-state index in [0.717, 1.165) is 44.8 Å². The summed E-state index contributed by atoms with van der Waals surface area (Å²) < 4.78 is 4.90. The third-order valence-electron chi connectivity index (χ3n) is 7.21. The first-order chi connectivity index (χ1) is 19.6. The topological polar surface area (TPSA) is 42.4 Å². The smallest absolute Gasteiger partial charge is 0.337 e. The summed E-state index contributed by atoms with van der Waals surface area (Å²) in [7, 11) is 1.40. The van der Waals surface area contributed by atoms with E-state index in [0.29, 0.717) is 5.56 Å². The minimum Gasteiger partial charge on any atom is -0.465 e. The first-order valence-electron chi connectivity index (χ1n) is 13.0. The highest BCUT2D eigenvalue weighted by Gasteiger charge is 2.27. The average Bonchev–Trinajstić information content (AvgIpc) is 3.55. The maximum Gasteiger partial charge on any atom is 0.337 e. The van der Waals surface area contributed by atoms with Crippen LogP contribution in [-0.4, -0.2) is 18.1 Å². The predicted molar refractivity (Wildman–Crippen MR) is 165 cm³/mol. The van der Waals surface area contributed by atoms with Crippen molar-refractivity contribution >= 4 is 57.0 Å². The lowest BCUT2D eigenvalue weighted by Gasteiger charge is -2.33. The number of rotatable bonds is 4. The Morgan fingerprint density at radius 1 is 0.800 bits per heavy atom. The number of pyridine rings is 1. The summed E-state index contributed by atoms with van der Waals surface area (Å²) in [5, 5.41) is 3.25. The van der Waals surface area contributed by atoms with E-state index in [9.17, 15) is 4.79 Å². The number of nitrogens with zero attached hydrogens (tertiary/aromatic N) is 2. The number of ether oxygens (including phenoxy) is 1.